The van der Waals surface area contributed by atoms with Crippen LogP contribution in [0.15, 0.2) is 6.20 Å². The highest BCUT2D eigenvalue weighted by Gasteiger charge is 2.08. The van der Waals surface area contributed by atoms with E-state index in [0.717, 1.165) is 23.6 Å². The molecular weight excluding hydrogens is 162 g/mol. The number of imidazole rings is 1. The molecule has 0 fully saturated rings. The third-order valence-corrected chi connectivity index (χ3v) is 1.98. The quantitative estimate of drug-likeness (QED) is 0.746. The third-order valence-electron chi connectivity index (χ3n) is 1.98. The molecule has 0 aliphatic carbocycles. The van der Waals surface area contributed by atoms with Gasteiger partial charge in [-0.3, -0.25) is 0 Å². The molecule has 13 heavy (non-hydrogen) atoms. The van der Waals surface area contributed by atoms with Gasteiger partial charge >= 0.3 is 0 Å². The Morgan fingerprint density at radius 3 is 2.69 bits per heavy atom. The van der Waals surface area contributed by atoms with Crippen LogP contribution in [0.5, 0.6) is 0 Å². The van der Waals surface area contributed by atoms with Crippen molar-refractivity contribution >= 4 is 6.08 Å². The SMILES string of the molecule is CCc1[nH]c(C(C)C)nc1/C=C\N. The number of nitrogens with one attached hydrogen (secondary N) is 1. The molecule has 0 aliphatic heterocycles. The molecule has 0 amide bonds. The zero-order chi connectivity index (χ0) is 9.84. The number of aromatic amines is 1. The Bertz CT molecular complexity index is 297. The molecule has 1 aromatic heterocycles. The molecule has 1 aromatic rings. The predicted octanol–water partition coefficient (Wildman–Crippen LogP) is 2.02. The molecule has 0 aliphatic rings. The maximum Gasteiger partial charge on any atom is 0.109 e. The van der Waals surface area contributed by atoms with E-state index in [2.05, 4.69) is 30.7 Å². The van der Waals surface area contributed by atoms with Crippen molar-refractivity contribution in [3.8, 4) is 0 Å². The Hall–Kier alpha value is -1.25. The van der Waals surface area contributed by atoms with E-state index >= 15 is 0 Å². The average Bonchev–Trinajstić information content (AvgIpc) is 2.48. The van der Waals surface area contributed by atoms with Gasteiger partial charge in [0.2, 0.25) is 0 Å². The second-order valence-corrected chi connectivity index (χ2v) is 3.35. The molecule has 1 rings (SSSR count). The maximum absolute atomic E-state index is 5.34. The fourth-order valence-electron chi connectivity index (χ4n) is 1.22. The van der Waals surface area contributed by atoms with Crippen molar-refractivity contribution in [2.24, 2.45) is 5.73 Å². The standard InChI is InChI=1S/C10H17N3/c1-4-8-9(5-6-11)13-10(12-8)7(2)3/h5-7H,4,11H2,1-3H3,(H,12,13)/b6-5-. The Morgan fingerprint density at radius 2 is 2.23 bits per heavy atom. The van der Waals surface area contributed by atoms with Gasteiger partial charge in [-0.05, 0) is 18.7 Å². The number of H-pyrrole nitrogens is 1. The summed E-state index contributed by atoms with van der Waals surface area (Å²) < 4.78 is 0. The third kappa shape index (κ3) is 2.11. The molecule has 0 radical (unpaired) electrons. The van der Waals surface area contributed by atoms with Crippen LogP contribution in [-0.2, 0) is 6.42 Å². The molecule has 0 aromatic carbocycles. The van der Waals surface area contributed by atoms with Gasteiger partial charge in [-0.15, -0.1) is 0 Å². The van der Waals surface area contributed by atoms with Crippen molar-refractivity contribution in [3.63, 3.8) is 0 Å². The summed E-state index contributed by atoms with van der Waals surface area (Å²) in [7, 11) is 0. The van der Waals surface area contributed by atoms with E-state index in [4.69, 9.17) is 5.73 Å². The lowest BCUT2D eigenvalue weighted by Gasteiger charge is -1.96. The summed E-state index contributed by atoms with van der Waals surface area (Å²) in [6.07, 6.45) is 4.32. The van der Waals surface area contributed by atoms with Crippen LogP contribution in [0.1, 0.15) is 43.9 Å². The fraction of sp³-hybridized carbons (Fsp3) is 0.500. The summed E-state index contributed by atoms with van der Waals surface area (Å²) in [5, 5.41) is 0. The van der Waals surface area contributed by atoms with Crippen LogP contribution in [0.4, 0.5) is 0 Å². The van der Waals surface area contributed by atoms with Gasteiger partial charge in [-0.2, -0.15) is 0 Å². The second kappa shape index (κ2) is 4.12. The van der Waals surface area contributed by atoms with Gasteiger partial charge in [-0.1, -0.05) is 20.8 Å². The minimum Gasteiger partial charge on any atom is -0.405 e. The molecule has 3 N–H and O–H groups in total. The summed E-state index contributed by atoms with van der Waals surface area (Å²) in [4.78, 5) is 7.75. The van der Waals surface area contributed by atoms with Crippen molar-refractivity contribution in [3.05, 3.63) is 23.4 Å². The summed E-state index contributed by atoms with van der Waals surface area (Å²) >= 11 is 0. The lowest BCUT2D eigenvalue weighted by molar-refractivity contribution is 0.788. The lowest BCUT2D eigenvalue weighted by atomic mass is 10.2. The fourth-order valence-corrected chi connectivity index (χ4v) is 1.22. The van der Waals surface area contributed by atoms with Crippen molar-refractivity contribution in [2.75, 3.05) is 0 Å². The van der Waals surface area contributed by atoms with Crippen LogP contribution >= 0.6 is 0 Å². The van der Waals surface area contributed by atoms with Crippen molar-refractivity contribution < 1.29 is 0 Å². The molecule has 0 saturated heterocycles. The highest BCUT2D eigenvalue weighted by Crippen LogP contribution is 2.15. The minimum atomic E-state index is 0.435. The highest BCUT2D eigenvalue weighted by molar-refractivity contribution is 5.47. The van der Waals surface area contributed by atoms with E-state index in [0.29, 0.717) is 5.92 Å². The minimum absolute atomic E-state index is 0.435. The Balaban J connectivity index is 3.04. The lowest BCUT2D eigenvalue weighted by Crippen LogP contribution is -1.89. The van der Waals surface area contributed by atoms with Crippen molar-refractivity contribution in [2.45, 2.75) is 33.1 Å². The summed E-state index contributed by atoms with van der Waals surface area (Å²) in [6.45, 7) is 6.34. The number of aryl methyl sites for hydroxylation is 1. The van der Waals surface area contributed by atoms with E-state index in [1.165, 1.54) is 6.20 Å². The van der Waals surface area contributed by atoms with Crippen LogP contribution in [0, 0.1) is 0 Å². The van der Waals surface area contributed by atoms with Gasteiger partial charge in [0, 0.05) is 11.6 Å². The van der Waals surface area contributed by atoms with E-state index in [9.17, 15) is 0 Å². The first kappa shape index (κ1) is 9.84. The number of rotatable bonds is 3. The van der Waals surface area contributed by atoms with Gasteiger partial charge in [0.05, 0.1) is 5.69 Å². The number of nitrogens with two attached hydrogens (primary N) is 1. The predicted molar refractivity (Wildman–Crippen MR) is 55.3 cm³/mol. The first-order valence-electron chi connectivity index (χ1n) is 4.66. The zero-order valence-electron chi connectivity index (χ0n) is 8.46. The molecule has 1 heterocycles. The van der Waals surface area contributed by atoms with Crippen LogP contribution in [0.25, 0.3) is 6.08 Å². The Labute approximate surface area is 79.1 Å². The molecular formula is C10H17N3. The van der Waals surface area contributed by atoms with Gasteiger partial charge in [0.25, 0.3) is 0 Å². The van der Waals surface area contributed by atoms with Gasteiger partial charge in [-0.25, -0.2) is 4.98 Å². The maximum atomic E-state index is 5.34. The monoisotopic (exact) mass is 179 g/mol. The first-order chi connectivity index (χ1) is 6.19. The van der Waals surface area contributed by atoms with Crippen molar-refractivity contribution in [1.82, 2.24) is 9.97 Å². The molecule has 3 heteroatoms. The topological polar surface area (TPSA) is 54.7 Å². The molecule has 0 saturated carbocycles. The molecule has 0 atom stereocenters. The number of aromatic nitrogens is 2. The van der Waals surface area contributed by atoms with E-state index < -0.39 is 0 Å². The molecule has 0 spiro atoms. The zero-order valence-corrected chi connectivity index (χ0v) is 8.46. The van der Waals surface area contributed by atoms with Gasteiger partial charge in [0.1, 0.15) is 5.82 Å². The van der Waals surface area contributed by atoms with Crippen LogP contribution in [-0.4, -0.2) is 9.97 Å². The van der Waals surface area contributed by atoms with Gasteiger partial charge in [0.15, 0.2) is 0 Å². The highest BCUT2D eigenvalue weighted by atomic mass is 14.9. The Kier molecular flexibility index (Phi) is 3.12. The summed E-state index contributed by atoms with van der Waals surface area (Å²) in [5.41, 5.74) is 7.46. The van der Waals surface area contributed by atoms with E-state index in [-0.39, 0.29) is 0 Å². The largest absolute Gasteiger partial charge is 0.405 e. The summed E-state index contributed by atoms with van der Waals surface area (Å²) in [5.74, 6) is 1.47. The first-order valence-corrected chi connectivity index (χ1v) is 4.66. The molecule has 0 unspecified atom stereocenters. The number of nitrogens with zero attached hydrogens (tertiary/aromatic N) is 1. The van der Waals surface area contributed by atoms with Crippen LogP contribution in [0.3, 0.4) is 0 Å². The van der Waals surface area contributed by atoms with Crippen LogP contribution in [0.2, 0.25) is 0 Å². The number of hydrogen-bond donors (Lipinski definition) is 2. The second-order valence-electron chi connectivity index (χ2n) is 3.35. The smallest absolute Gasteiger partial charge is 0.109 e. The van der Waals surface area contributed by atoms with E-state index in [1.54, 1.807) is 0 Å². The van der Waals surface area contributed by atoms with E-state index in [1.807, 2.05) is 6.08 Å². The summed E-state index contributed by atoms with van der Waals surface area (Å²) in [6, 6.07) is 0. The average molecular weight is 179 g/mol. The van der Waals surface area contributed by atoms with Crippen LogP contribution < -0.4 is 5.73 Å². The molecule has 0 bridgehead atoms. The molecule has 3 nitrogen and oxygen atoms in total. The van der Waals surface area contributed by atoms with Gasteiger partial charge < -0.3 is 10.7 Å². The number of hydrogen-bond acceptors (Lipinski definition) is 2. The Morgan fingerprint density at radius 1 is 1.54 bits per heavy atom. The normalized spacial score (nSPS) is 11.7. The van der Waals surface area contributed by atoms with Crippen molar-refractivity contribution in [1.29, 1.82) is 0 Å². The molecule has 72 valence electrons.